The maximum absolute atomic E-state index is 2.76. The molecule has 6 aromatic carbocycles. The summed E-state index contributed by atoms with van der Waals surface area (Å²) in [5.74, 6) is 0. The third-order valence-electron chi connectivity index (χ3n) is 13.2. The quantitative estimate of drug-likeness (QED) is 0.206. The number of rotatable bonds is 4. The lowest BCUT2D eigenvalue weighted by Gasteiger charge is -2.50. The number of hydrogen-bond acceptors (Lipinski definition) is 0. The number of aryl methyl sites for hydroxylation is 12. The highest BCUT2D eigenvalue weighted by Crippen LogP contribution is 2.22. The predicted octanol–water partition coefficient (Wildman–Crippen LogP) is 4.26. The summed E-state index contributed by atoms with van der Waals surface area (Å²) in [6.07, 6.45) is -3.21. The first-order valence-electron chi connectivity index (χ1n) is 19.3. The fourth-order valence-corrected chi connectivity index (χ4v) is 12.3. The second-order valence-electron chi connectivity index (χ2n) is 17.0. The van der Waals surface area contributed by atoms with Crippen molar-refractivity contribution in [3.63, 3.8) is 0 Å². The van der Waals surface area contributed by atoms with Crippen LogP contribution in [-0.2, 0) is 0 Å². The summed E-state index contributed by atoms with van der Waals surface area (Å²) in [4.78, 5) is 0. The van der Waals surface area contributed by atoms with E-state index in [-0.39, 0.29) is 0 Å². The molecule has 1 aliphatic heterocycles. The minimum atomic E-state index is -1.60. The molecule has 0 aromatic heterocycles. The maximum atomic E-state index is 2.76. The summed E-state index contributed by atoms with van der Waals surface area (Å²) in [6, 6.07) is 33.7. The molecule has 1 aliphatic carbocycles. The molecule has 52 heavy (non-hydrogen) atoms. The van der Waals surface area contributed by atoms with Gasteiger partial charge in [-0.3, -0.25) is 0 Å². The summed E-state index contributed by atoms with van der Waals surface area (Å²) in [5, 5.41) is 11.2. The van der Waals surface area contributed by atoms with Crippen LogP contribution in [0, 0.1) is 104 Å². The van der Waals surface area contributed by atoms with E-state index in [1.807, 2.05) is 0 Å². The van der Waals surface area contributed by atoms with Crippen LogP contribution in [0.5, 0.6) is 0 Å². The molecule has 0 bridgehead atoms. The molecule has 2 aliphatic rings. The van der Waals surface area contributed by atoms with Gasteiger partial charge in [0.2, 0.25) is 0 Å². The predicted molar refractivity (Wildman–Crippen MR) is 224 cm³/mol. The van der Waals surface area contributed by atoms with Crippen LogP contribution in [0.25, 0.3) is 0 Å². The van der Waals surface area contributed by atoms with Crippen molar-refractivity contribution in [3.8, 4) is 0 Å². The second-order valence-corrected chi connectivity index (χ2v) is 17.0. The van der Waals surface area contributed by atoms with Crippen LogP contribution in [0.4, 0.5) is 0 Å². The van der Waals surface area contributed by atoms with Crippen molar-refractivity contribution in [1.29, 1.82) is 0 Å². The number of hydrogen-bond donors (Lipinski definition) is 2. The largest absolute Gasteiger partial charge is 0.404 e. The van der Waals surface area contributed by atoms with Crippen LogP contribution < -0.4 is 43.5 Å². The normalized spacial score (nSPS) is 15.1. The molecule has 6 aromatic rings. The zero-order chi connectivity index (χ0) is 37.0. The molecule has 2 nitrogen and oxygen atoms in total. The van der Waals surface area contributed by atoms with E-state index >= 15 is 0 Å². The standard InChI is InChI=1S/C48H54B2N2/c1-27-19-31(5)45(32(6)20-27)49(46-33(7)21-28(2)22-34(46)8)41-17-13-15-39-40-16-14-18-42(44(40)43(39)41)50(52-51-49,47-35(9)23-29(3)24-36(47)10)48-37(11)25-30(4)26-38(48)12/h13-26H,51-52H2,1-12H3. The summed E-state index contributed by atoms with van der Waals surface area (Å²) in [6.45, 7) is 27.9. The summed E-state index contributed by atoms with van der Waals surface area (Å²) < 4.78 is 0. The van der Waals surface area contributed by atoms with Crippen molar-refractivity contribution in [2.75, 3.05) is 0 Å². The molecular formula is C48H54B2N2. The third kappa shape index (κ3) is 4.67. The lowest BCUT2D eigenvalue weighted by atomic mass is 9.19. The molecule has 0 spiro atoms. The monoisotopic (exact) mass is 680 g/mol. The first kappa shape index (κ1) is 34.5. The fourth-order valence-electron chi connectivity index (χ4n) is 12.3. The van der Waals surface area contributed by atoms with Gasteiger partial charge in [-0.2, -0.15) is 0 Å². The Hall–Kier alpha value is -4.63. The van der Waals surface area contributed by atoms with Crippen LogP contribution in [0.15, 0.2) is 84.9 Å². The van der Waals surface area contributed by atoms with Gasteiger partial charge in [0.15, 0.2) is 0 Å². The number of nitrogens with two attached hydrogens (primary N) is 2. The zero-order valence-electron chi connectivity index (χ0n) is 33.4. The Bertz CT molecular complexity index is 2330. The van der Waals surface area contributed by atoms with Crippen molar-refractivity contribution >= 4 is 45.3 Å². The zero-order valence-corrected chi connectivity index (χ0v) is 33.4. The highest BCUT2D eigenvalue weighted by Gasteiger charge is 2.51. The van der Waals surface area contributed by atoms with E-state index in [0.717, 1.165) is 0 Å². The molecule has 0 atom stereocenters. The maximum Gasteiger partial charge on any atom is 0.329 e. The average molecular weight is 681 g/mol. The van der Waals surface area contributed by atoms with E-state index in [2.05, 4.69) is 179 Å². The van der Waals surface area contributed by atoms with Gasteiger partial charge in [0.1, 0.15) is 0 Å². The SMILES string of the molecule is Cc1cc(C)c([B-]2(c3c(C)cc(C)cc3C)[NH2+][NH2+][B-](c3c(C)cc(C)cc3C)(c3c(C)cc(C)cc3C)c3cccc4c3=c3c2cccc3=4)c(C)c1. The van der Waals surface area contributed by atoms with Gasteiger partial charge in [0.25, 0.3) is 0 Å². The third-order valence-corrected chi connectivity index (χ3v) is 13.2. The second kappa shape index (κ2) is 12.0. The first-order valence-corrected chi connectivity index (χ1v) is 19.3. The van der Waals surface area contributed by atoms with Crippen LogP contribution in [-0.4, -0.2) is 12.6 Å². The minimum Gasteiger partial charge on any atom is -0.404 e. The number of benzene rings is 6. The van der Waals surface area contributed by atoms with Gasteiger partial charge in [-0.15, -0.1) is 32.8 Å². The molecule has 4 N–H and O–H groups in total. The van der Waals surface area contributed by atoms with E-state index in [1.54, 1.807) is 0 Å². The van der Waals surface area contributed by atoms with Crippen LogP contribution in [0.3, 0.4) is 0 Å². The van der Waals surface area contributed by atoms with Gasteiger partial charge in [0, 0.05) is 0 Å². The Morgan fingerprint density at radius 3 is 0.788 bits per heavy atom. The highest BCUT2D eigenvalue weighted by atomic mass is 15.3. The molecule has 0 saturated heterocycles. The Morgan fingerprint density at radius 2 is 0.558 bits per heavy atom. The topological polar surface area (TPSA) is 33.2 Å². The van der Waals surface area contributed by atoms with Crippen molar-refractivity contribution in [3.05, 3.63) is 173 Å². The van der Waals surface area contributed by atoms with Crippen molar-refractivity contribution in [2.24, 2.45) is 0 Å². The van der Waals surface area contributed by atoms with Gasteiger partial charge >= 0.3 is 12.6 Å². The van der Waals surface area contributed by atoms with Gasteiger partial charge in [-0.05, 0) is 104 Å². The summed E-state index contributed by atoms with van der Waals surface area (Å²) >= 11 is 0. The Morgan fingerprint density at radius 1 is 0.327 bits per heavy atom. The van der Waals surface area contributed by atoms with Crippen LogP contribution in [0.1, 0.15) is 66.8 Å². The smallest absolute Gasteiger partial charge is 0.329 e. The minimum absolute atomic E-state index is 1.32. The molecule has 0 fully saturated rings. The lowest BCUT2D eigenvalue weighted by molar-refractivity contribution is -1.16. The van der Waals surface area contributed by atoms with Gasteiger partial charge in [-0.1, -0.05) is 152 Å². The first-order chi connectivity index (χ1) is 24.7. The molecule has 0 amide bonds. The van der Waals surface area contributed by atoms with E-state index in [4.69, 9.17) is 0 Å². The molecule has 262 valence electrons. The van der Waals surface area contributed by atoms with E-state index in [9.17, 15) is 0 Å². The van der Waals surface area contributed by atoms with Crippen LogP contribution >= 0.6 is 0 Å². The summed E-state index contributed by atoms with van der Waals surface area (Å²) in [7, 11) is 0. The molecule has 8 rings (SSSR count). The average Bonchev–Trinajstić information content (AvgIpc) is 3.02. The molecule has 0 unspecified atom stereocenters. The Balaban J connectivity index is 1.68. The van der Waals surface area contributed by atoms with E-state index < -0.39 is 12.6 Å². The van der Waals surface area contributed by atoms with Gasteiger partial charge in [-0.25, -0.2) is 0 Å². The van der Waals surface area contributed by atoms with Crippen molar-refractivity contribution in [2.45, 2.75) is 83.1 Å². The van der Waals surface area contributed by atoms with Crippen molar-refractivity contribution in [1.82, 2.24) is 0 Å². The molecule has 1 heterocycles. The molecule has 0 radical (unpaired) electrons. The lowest BCUT2D eigenvalue weighted by Crippen LogP contribution is -3.48. The fraction of sp³-hybridized carbons (Fsp3) is 0.250. The molecule has 0 saturated carbocycles. The van der Waals surface area contributed by atoms with Crippen molar-refractivity contribution < 1.29 is 10.7 Å². The molecule has 4 heteroatoms. The Labute approximate surface area is 310 Å². The highest BCUT2D eigenvalue weighted by molar-refractivity contribution is 7.08. The van der Waals surface area contributed by atoms with E-state index in [1.165, 1.54) is 120 Å². The van der Waals surface area contributed by atoms with Crippen LogP contribution in [0.2, 0.25) is 0 Å². The number of quaternary nitrogens is 2. The Kier molecular flexibility index (Phi) is 7.92. The van der Waals surface area contributed by atoms with Gasteiger partial charge < -0.3 is 10.7 Å². The summed E-state index contributed by atoms with van der Waals surface area (Å²) in [5.41, 5.74) is 25.0. The van der Waals surface area contributed by atoms with Gasteiger partial charge in [0.05, 0.1) is 0 Å². The molecular weight excluding hydrogens is 626 g/mol. The van der Waals surface area contributed by atoms with E-state index in [0.29, 0.717) is 0 Å².